The molecule has 7 heteroatoms. The quantitative estimate of drug-likeness (QED) is 0.751. The summed E-state index contributed by atoms with van der Waals surface area (Å²) in [6.07, 6.45) is 3.71. The van der Waals surface area contributed by atoms with Gasteiger partial charge in [0.25, 0.3) is 0 Å². The molecule has 1 aliphatic heterocycles. The maximum Gasteiger partial charge on any atom is 0.410 e. The van der Waals surface area contributed by atoms with Crippen molar-refractivity contribution in [3.05, 3.63) is 23.0 Å². The average Bonchev–Trinajstić information content (AvgIpc) is 2.52. The predicted molar refractivity (Wildman–Crippen MR) is 91.9 cm³/mol. The van der Waals surface area contributed by atoms with Crippen LogP contribution >= 0.6 is 11.6 Å². The van der Waals surface area contributed by atoms with Crippen molar-refractivity contribution in [3.8, 4) is 0 Å². The summed E-state index contributed by atoms with van der Waals surface area (Å²) >= 11 is 5.70. The molecule has 1 aromatic heterocycles. The van der Waals surface area contributed by atoms with Gasteiger partial charge in [-0.25, -0.2) is 4.79 Å². The summed E-state index contributed by atoms with van der Waals surface area (Å²) in [5.41, 5.74) is 0.273. The summed E-state index contributed by atoms with van der Waals surface area (Å²) in [6.45, 7) is 7.38. The zero-order valence-electron chi connectivity index (χ0n) is 14.6. The number of rotatable bonds is 5. The van der Waals surface area contributed by atoms with E-state index in [-0.39, 0.29) is 12.1 Å². The van der Waals surface area contributed by atoms with E-state index in [9.17, 15) is 4.79 Å². The minimum absolute atomic E-state index is 0.171. The van der Waals surface area contributed by atoms with Crippen molar-refractivity contribution in [2.24, 2.45) is 0 Å². The Kier molecular flexibility index (Phi) is 6.80. The number of carbonyl (C=O) groups excluding carboxylic acids is 1. The lowest BCUT2D eigenvalue weighted by Gasteiger charge is -2.36. The monoisotopic (exact) mass is 355 g/mol. The molecule has 0 spiro atoms. The normalized spacial score (nSPS) is 18.5. The minimum atomic E-state index is -0.469. The Labute approximate surface area is 148 Å². The van der Waals surface area contributed by atoms with Gasteiger partial charge in [0.1, 0.15) is 5.60 Å². The van der Waals surface area contributed by atoms with Crippen LogP contribution in [0.25, 0.3) is 0 Å². The Bertz CT molecular complexity index is 531. The average molecular weight is 356 g/mol. The van der Waals surface area contributed by atoms with Gasteiger partial charge in [-0.1, -0.05) is 11.6 Å². The van der Waals surface area contributed by atoms with Gasteiger partial charge in [-0.2, -0.15) is 5.10 Å². The molecule has 1 aromatic rings. The van der Waals surface area contributed by atoms with Crippen LogP contribution in [0.4, 0.5) is 4.79 Å². The summed E-state index contributed by atoms with van der Waals surface area (Å²) in [5.74, 6) is 0. The van der Waals surface area contributed by atoms with E-state index in [0.717, 1.165) is 37.9 Å². The summed E-state index contributed by atoms with van der Waals surface area (Å²) in [5, 5.41) is 8.11. The summed E-state index contributed by atoms with van der Waals surface area (Å²) in [4.78, 5) is 14.2. The second kappa shape index (κ2) is 8.62. The molecule has 1 amide bonds. The molecule has 0 N–H and O–H groups in total. The second-order valence-corrected chi connectivity index (χ2v) is 7.40. The molecule has 24 heavy (non-hydrogen) atoms. The summed E-state index contributed by atoms with van der Waals surface area (Å²) < 4.78 is 11.2. The number of aromatic nitrogens is 2. The smallest absolute Gasteiger partial charge is 0.410 e. The van der Waals surface area contributed by atoms with E-state index >= 15 is 0 Å². The largest absolute Gasteiger partial charge is 0.444 e. The molecular weight excluding hydrogens is 330 g/mol. The number of hydrogen-bond donors (Lipinski definition) is 0. The van der Waals surface area contributed by atoms with Crippen molar-refractivity contribution in [1.82, 2.24) is 15.1 Å². The lowest BCUT2D eigenvalue weighted by atomic mass is 10.0. The third-order valence-electron chi connectivity index (χ3n) is 3.79. The number of hydrogen-bond acceptors (Lipinski definition) is 5. The Morgan fingerprint density at radius 3 is 2.79 bits per heavy atom. The van der Waals surface area contributed by atoms with Crippen LogP contribution in [0.15, 0.2) is 12.1 Å². The SMILES string of the molecule is CC(C)(C)OC(=O)N1CCCCC1CCOCc1ccc(Cl)nn1. The maximum atomic E-state index is 12.3. The zero-order chi connectivity index (χ0) is 17.6. The van der Waals surface area contributed by atoms with Gasteiger partial charge in [-0.3, -0.25) is 0 Å². The highest BCUT2D eigenvalue weighted by Crippen LogP contribution is 2.22. The van der Waals surface area contributed by atoms with E-state index in [1.54, 1.807) is 12.1 Å². The van der Waals surface area contributed by atoms with E-state index in [0.29, 0.717) is 18.4 Å². The third kappa shape index (κ3) is 6.24. The second-order valence-electron chi connectivity index (χ2n) is 7.01. The predicted octanol–water partition coefficient (Wildman–Crippen LogP) is 3.83. The molecule has 6 nitrogen and oxygen atoms in total. The fourth-order valence-corrected chi connectivity index (χ4v) is 2.78. The van der Waals surface area contributed by atoms with Crippen LogP contribution < -0.4 is 0 Å². The highest BCUT2D eigenvalue weighted by Gasteiger charge is 2.30. The molecule has 1 fully saturated rings. The van der Waals surface area contributed by atoms with Gasteiger partial charge in [0.05, 0.1) is 12.3 Å². The first kappa shape index (κ1) is 18.9. The zero-order valence-corrected chi connectivity index (χ0v) is 15.4. The Hall–Kier alpha value is -1.40. The topological polar surface area (TPSA) is 64.5 Å². The number of halogens is 1. The fourth-order valence-electron chi connectivity index (χ4n) is 2.68. The Morgan fingerprint density at radius 2 is 2.12 bits per heavy atom. The van der Waals surface area contributed by atoms with Crippen molar-refractivity contribution in [1.29, 1.82) is 0 Å². The van der Waals surface area contributed by atoms with Crippen LogP contribution in [0.2, 0.25) is 5.15 Å². The minimum Gasteiger partial charge on any atom is -0.444 e. The van der Waals surface area contributed by atoms with Gasteiger partial charge in [-0.05, 0) is 58.6 Å². The van der Waals surface area contributed by atoms with Gasteiger partial charge < -0.3 is 14.4 Å². The lowest BCUT2D eigenvalue weighted by molar-refractivity contribution is 0.00366. The molecule has 1 aliphatic rings. The summed E-state index contributed by atoms with van der Waals surface area (Å²) in [6, 6.07) is 3.66. The molecule has 0 aliphatic carbocycles. The van der Waals surface area contributed by atoms with Crippen molar-refractivity contribution in [3.63, 3.8) is 0 Å². The number of likely N-dealkylation sites (tertiary alicyclic amines) is 1. The standard InChI is InChI=1S/C17H26ClN3O3/c1-17(2,3)24-16(22)21-10-5-4-6-14(21)9-11-23-12-13-7-8-15(18)20-19-13/h7-8,14H,4-6,9-12H2,1-3H3. The van der Waals surface area contributed by atoms with Crippen LogP contribution in [0, 0.1) is 0 Å². The first-order valence-electron chi connectivity index (χ1n) is 8.40. The Balaban J connectivity index is 1.78. The molecule has 0 radical (unpaired) electrons. The molecule has 1 saturated heterocycles. The molecule has 0 bridgehead atoms. The number of carbonyl (C=O) groups is 1. The van der Waals surface area contributed by atoms with E-state index < -0.39 is 5.60 Å². The fraction of sp³-hybridized carbons (Fsp3) is 0.706. The van der Waals surface area contributed by atoms with E-state index in [1.165, 1.54) is 0 Å². The van der Waals surface area contributed by atoms with Gasteiger partial charge in [0, 0.05) is 19.2 Å². The van der Waals surface area contributed by atoms with Crippen LogP contribution in [0.3, 0.4) is 0 Å². The molecule has 1 unspecified atom stereocenters. The number of ether oxygens (including phenoxy) is 2. The molecule has 0 aromatic carbocycles. The van der Waals surface area contributed by atoms with Gasteiger partial charge in [0.2, 0.25) is 0 Å². The van der Waals surface area contributed by atoms with Crippen LogP contribution in [-0.2, 0) is 16.1 Å². The molecule has 0 saturated carbocycles. The number of amides is 1. The molecule has 2 heterocycles. The van der Waals surface area contributed by atoms with Crippen LogP contribution in [0.1, 0.15) is 52.1 Å². The van der Waals surface area contributed by atoms with E-state index in [4.69, 9.17) is 21.1 Å². The van der Waals surface area contributed by atoms with Gasteiger partial charge in [-0.15, -0.1) is 5.10 Å². The van der Waals surface area contributed by atoms with Crippen molar-refractivity contribution >= 4 is 17.7 Å². The molecule has 1 atom stereocenters. The maximum absolute atomic E-state index is 12.3. The van der Waals surface area contributed by atoms with Crippen molar-refractivity contribution in [2.75, 3.05) is 13.2 Å². The van der Waals surface area contributed by atoms with Crippen molar-refractivity contribution < 1.29 is 14.3 Å². The van der Waals surface area contributed by atoms with E-state index in [2.05, 4.69) is 10.2 Å². The Morgan fingerprint density at radius 1 is 1.33 bits per heavy atom. The molecular formula is C17H26ClN3O3. The van der Waals surface area contributed by atoms with E-state index in [1.807, 2.05) is 25.7 Å². The van der Waals surface area contributed by atoms with Gasteiger partial charge in [0.15, 0.2) is 5.15 Å². The first-order valence-corrected chi connectivity index (χ1v) is 8.78. The highest BCUT2D eigenvalue weighted by molar-refractivity contribution is 6.29. The lowest BCUT2D eigenvalue weighted by Crippen LogP contribution is -2.46. The molecule has 134 valence electrons. The van der Waals surface area contributed by atoms with Crippen molar-refractivity contribution in [2.45, 2.75) is 64.7 Å². The van der Waals surface area contributed by atoms with Crippen LogP contribution in [0.5, 0.6) is 0 Å². The van der Waals surface area contributed by atoms with Crippen LogP contribution in [-0.4, -0.2) is 46.0 Å². The first-order chi connectivity index (χ1) is 11.3. The molecule has 2 rings (SSSR count). The number of piperidine rings is 1. The van der Waals surface area contributed by atoms with Gasteiger partial charge >= 0.3 is 6.09 Å². The number of nitrogens with zero attached hydrogens (tertiary/aromatic N) is 3. The highest BCUT2D eigenvalue weighted by atomic mass is 35.5. The third-order valence-corrected chi connectivity index (χ3v) is 3.99. The summed E-state index contributed by atoms with van der Waals surface area (Å²) in [7, 11) is 0.